The second-order valence-electron chi connectivity index (χ2n) is 8.43. The number of amides is 1. The normalized spacial score (nSPS) is 14.6. The molecule has 1 aromatic heterocycles. The predicted octanol–water partition coefficient (Wildman–Crippen LogP) is 5.20. The minimum absolute atomic E-state index is 0.139. The minimum Gasteiger partial charge on any atom is -0.455 e. The van der Waals surface area contributed by atoms with E-state index in [1.807, 2.05) is 24.3 Å². The van der Waals surface area contributed by atoms with Crippen LogP contribution in [-0.4, -0.2) is 20.0 Å². The first-order valence-electron chi connectivity index (χ1n) is 11.6. The highest BCUT2D eigenvalue weighted by molar-refractivity contribution is 7.89. The van der Waals surface area contributed by atoms with Crippen molar-refractivity contribution in [2.24, 2.45) is 5.10 Å². The standard InChI is InChI=1S/C26H29N3O4S/c1-3-4-9-19-14-16-20(17-15-19)27-26(30)25-18(2)24-22(12-8-13-23(24)33-25)28-29-34(31,32)21-10-6-5-7-11-21/h5-7,10-11,14-17,29H,3-4,8-9,12-13H2,1-2H3,(H,27,30)/b28-22+. The number of fused-ring (bicyclic) bond motifs is 1. The molecule has 2 aromatic carbocycles. The third-order valence-electron chi connectivity index (χ3n) is 5.92. The smallest absolute Gasteiger partial charge is 0.291 e. The van der Waals surface area contributed by atoms with Crippen LogP contribution in [0, 0.1) is 6.92 Å². The molecule has 1 heterocycles. The lowest BCUT2D eigenvalue weighted by atomic mass is 9.93. The van der Waals surface area contributed by atoms with Crippen molar-refractivity contribution in [1.29, 1.82) is 0 Å². The maximum Gasteiger partial charge on any atom is 0.291 e. The second-order valence-corrected chi connectivity index (χ2v) is 10.1. The first-order chi connectivity index (χ1) is 16.4. The van der Waals surface area contributed by atoms with Gasteiger partial charge in [0.05, 0.1) is 10.6 Å². The van der Waals surface area contributed by atoms with Crippen LogP contribution in [-0.2, 0) is 22.9 Å². The molecule has 1 aliphatic rings. The summed E-state index contributed by atoms with van der Waals surface area (Å²) < 4.78 is 31.1. The Kier molecular flexibility index (Phi) is 7.17. The monoisotopic (exact) mass is 479 g/mol. The third kappa shape index (κ3) is 5.22. The van der Waals surface area contributed by atoms with E-state index in [0.717, 1.165) is 25.7 Å². The van der Waals surface area contributed by atoms with Crippen LogP contribution in [0.2, 0.25) is 0 Å². The minimum atomic E-state index is -3.78. The molecule has 1 aliphatic carbocycles. The average Bonchev–Trinajstić information content (AvgIpc) is 3.20. The van der Waals surface area contributed by atoms with Gasteiger partial charge in [-0.05, 0) is 62.4 Å². The number of anilines is 1. The summed E-state index contributed by atoms with van der Waals surface area (Å²) in [6.07, 6.45) is 5.30. The summed E-state index contributed by atoms with van der Waals surface area (Å²) in [6, 6.07) is 15.9. The molecule has 0 spiro atoms. The number of nitrogens with one attached hydrogen (secondary N) is 2. The van der Waals surface area contributed by atoms with Crippen LogP contribution in [0.3, 0.4) is 0 Å². The first kappa shape index (κ1) is 23.8. The summed E-state index contributed by atoms with van der Waals surface area (Å²) in [6.45, 7) is 3.96. The number of nitrogens with zero attached hydrogens (tertiary/aromatic N) is 1. The maximum absolute atomic E-state index is 13.0. The van der Waals surface area contributed by atoms with Crippen LogP contribution in [0.4, 0.5) is 5.69 Å². The van der Waals surface area contributed by atoms with Gasteiger partial charge in [-0.1, -0.05) is 43.7 Å². The number of hydrogen-bond donors (Lipinski definition) is 2. The van der Waals surface area contributed by atoms with Crippen molar-refractivity contribution in [3.05, 3.63) is 82.8 Å². The van der Waals surface area contributed by atoms with Gasteiger partial charge in [0.1, 0.15) is 5.76 Å². The number of hydrazone groups is 1. The van der Waals surface area contributed by atoms with Crippen molar-refractivity contribution in [2.75, 3.05) is 5.32 Å². The zero-order chi connectivity index (χ0) is 24.1. The molecule has 8 heteroatoms. The van der Waals surface area contributed by atoms with Gasteiger partial charge < -0.3 is 9.73 Å². The van der Waals surface area contributed by atoms with Gasteiger partial charge in [0, 0.05) is 23.2 Å². The van der Waals surface area contributed by atoms with Gasteiger partial charge in [-0.3, -0.25) is 4.79 Å². The van der Waals surface area contributed by atoms with Gasteiger partial charge in [-0.15, -0.1) is 0 Å². The summed E-state index contributed by atoms with van der Waals surface area (Å²) in [4.78, 5) is 15.4. The molecule has 34 heavy (non-hydrogen) atoms. The molecule has 0 fully saturated rings. The summed E-state index contributed by atoms with van der Waals surface area (Å²) in [7, 11) is -3.78. The number of aryl methyl sites for hydroxylation is 2. The number of hydrogen-bond acceptors (Lipinski definition) is 5. The maximum atomic E-state index is 13.0. The molecule has 0 saturated carbocycles. The van der Waals surface area contributed by atoms with Crippen molar-refractivity contribution in [2.45, 2.75) is 57.3 Å². The molecule has 7 nitrogen and oxygen atoms in total. The van der Waals surface area contributed by atoms with Crippen LogP contribution in [0.5, 0.6) is 0 Å². The van der Waals surface area contributed by atoms with E-state index in [1.165, 1.54) is 17.7 Å². The van der Waals surface area contributed by atoms with E-state index < -0.39 is 10.0 Å². The lowest BCUT2D eigenvalue weighted by molar-refractivity contribution is 0.0994. The van der Waals surface area contributed by atoms with Crippen molar-refractivity contribution in [3.63, 3.8) is 0 Å². The molecule has 1 amide bonds. The summed E-state index contributed by atoms with van der Waals surface area (Å²) in [5.41, 5.74) is 3.87. The fraction of sp³-hybridized carbons (Fsp3) is 0.308. The van der Waals surface area contributed by atoms with Gasteiger partial charge in [-0.2, -0.15) is 18.4 Å². The highest BCUT2D eigenvalue weighted by Gasteiger charge is 2.28. The molecule has 0 bridgehead atoms. The Hall–Kier alpha value is -3.39. The Morgan fingerprint density at radius 3 is 2.50 bits per heavy atom. The predicted molar refractivity (Wildman–Crippen MR) is 133 cm³/mol. The van der Waals surface area contributed by atoms with E-state index in [2.05, 4.69) is 22.2 Å². The van der Waals surface area contributed by atoms with Crippen LogP contribution in [0.1, 0.15) is 65.6 Å². The van der Waals surface area contributed by atoms with E-state index in [-0.39, 0.29) is 16.6 Å². The quantitative estimate of drug-likeness (QED) is 0.434. The van der Waals surface area contributed by atoms with Crippen LogP contribution >= 0.6 is 0 Å². The number of carbonyl (C=O) groups excluding carboxylic acids is 1. The molecule has 2 N–H and O–H groups in total. The molecule has 0 radical (unpaired) electrons. The van der Waals surface area contributed by atoms with Crippen LogP contribution < -0.4 is 10.1 Å². The van der Waals surface area contributed by atoms with E-state index in [1.54, 1.807) is 25.1 Å². The summed E-state index contributed by atoms with van der Waals surface area (Å²) in [5, 5.41) is 7.11. The van der Waals surface area contributed by atoms with E-state index in [9.17, 15) is 13.2 Å². The third-order valence-corrected chi connectivity index (χ3v) is 7.14. The average molecular weight is 480 g/mol. The number of sulfonamides is 1. The Morgan fingerprint density at radius 2 is 1.79 bits per heavy atom. The van der Waals surface area contributed by atoms with Crippen molar-refractivity contribution < 1.29 is 17.6 Å². The number of furan rings is 1. The zero-order valence-electron chi connectivity index (χ0n) is 19.4. The van der Waals surface area contributed by atoms with Gasteiger partial charge in [0.2, 0.25) is 0 Å². The lowest BCUT2D eigenvalue weighted by Gasteiger charge is -2.14. The Balaban J connectivity index is 1.53. The SMILES string of the molecule is CCCCc1ccc(NC(=O)c2oc3c(c2C)/C(=N/NS(=O)(=O)c2ccccc2)CCC3)cc1. The van der Waals surface area contributed by atoms with Gasteiger partial charge >= 0.3 is 0 Å². The largest absolute Gasteiger partial charge is 0.455 e. The molecular formula is C26H29N3O4S. The Bertz CT molecular complexity index is 1290. The highest BCUT2D eigenvalue weighted by Crippen LogP contribution is 2.30. The Labute approximate surface area is 200 Å². The van der Waals surface area contributed by atoms with Crippen molar-refractivity contribution >= 4 is 27.3 Å². The fourth-order valence-corrected chi connectivity index (χ4v) is 4.94. The van der Waals surface area contributed by atoms with Gasteiger partial charge in [0.15, 0.2) is 5.76 Å². The number of benzene rings is 2. The summed E-state index contributed by atoms with van der Waals surface area (Å²) >= 11 is 0. The van der Waals surface area contributed by atoms with Gasteiger partial charge in [-0.25, -0.2) is 0 Å². The summed E-state index contributed by atoms with van der Waals surface area (Å²) in [5.74, 6) is 0.541. The molecule has 4 rings (SSSR count). The zero-order valence-corrected chi connectivity index (χ0v) is 20.2. The van der Waals surface area contributed by atoms with E-state index in [4.69, 9.17) is 4.42 Å². The second kappa shape index (κ2) is 10.3. The number of rotatable bonds is 8. The van der Waals surface area contributed by atoms with Crippen LogP contribution in [0.25, 0.3) is 0 Å². The first-order valence-corrected chi connectivity index (χ1v) is 13.0. The molecule has 0 aliphatic heterocycles. The molecular weight excluding hydrogens is 450 g/mol. The number of carbonyl (C=O) groups is 1. The number of unbranched alkanes of at least 4 members (excludes halogenated alkanes) is 1. The van der Waals surface area contributed by atoms with E-state index in [0.29, 0.717) is 41.1 Å². The Morgan fingerprint density at radius 1 is 1.06 bits per heavy atom. The molecule has 178 valence electrons. The molecule has 3 aromatic rings. The van der Waals surface area contributed by atoms with Crippen molar-refractivity contribution in [3.8, 4) is 0 Å². The highest BCUT2D eigenvalue weighted by atomic mass is 32.2. The van der Waals surface area contributed by atoms with E-state index >= 15 is 0 Å². The molecule has 0 unspecified atom stereocenters. The lowest BCUT2D eigenvalue weighted by Crippen LogP contribution is -2.22. The van der Waals surface area contributed by atoms with Crippen molar-refractivity contribution in [1.82, 2.24) is 4.83 Å². The fourth-order valence-electron chi connectivity index (χ4n) is 4.09. The van der Waals surface area contributed by atoms with Gasteiger partial charge in [0.25, 0.3) is 15.9 Å². The topological polar surface area (TPSA) is 101 Å². The van der Waals surface area contributed by atoms with Crippen LogP contribution in [0.15, 0.2) is 69.0 Å². The molecule has 0 saturated heterocycles. The molecule has 0 atom stereocenters.